The summed E-state index contributed by atoms with van der Waals surface area (Å²) >= 11 is 3.03. The van der Waals surface area contributed by atoms with Crippen molar-refractivity contribution in [1.82, 2.24) is 0 Å². The lowest BCUT2D eigenvalue weighted by Crippen LogP contribution is -2.56. The van der Waals surface area contributed by atoms with Crippen molar-refractivity contribution in [1.29, 1.82) is 0 Å². The maximum absolute atomic E-state index is 13.0. The van der Waals surface area contributed by atoms with Crippen molar-refractivity contribution in [2.24, 2.45) is 0 Å². The van der Waals surface area contributed by atoms with E-state index in [-0.39, 0.29) is 22.8 Å². The van der Waals surface area contributed by atoms with Crippen LogP contribution in [0.1, 0.15) is 31.1 Å². The molecule has 132 valence electrons. The predicted molar refractivity (Wildman–Crippen MR) is 105 cm³/mol. The van der Waals surface area contributed by atoms with E-state index in [0.29, 0.717) is 5.82 Å². The van der Waals surface area contributed by atoms with Crippen LogP contribution in [0.4, 0.5) is 5.82 Å². The molecule has 0 aliphatic carbocycles. The number of carbonyl (C=O) groups is 2. The number of anilines is 1. The van der Waals surface area contributed by atoms with Crippen LogP contribution in [0.5, 0.6) is 0 Å². The van der Waals surface area contributed by atoms with Crippen LogP contribution < -0.4 is 9.47 Å². The molecule has 0 atom stereocenters. The van der Waals surface area contributed by atoms with Crippen LogP contribution in [-0.2, 0) is 10.2 Å². The number of rotatable bonds is 0. The molecule has 0 N–H and O–H groups in total. The van der Waals surface area contributed by atoms with Gasteiger partial charge in [0.2, 0.25) is 0 Å². The Bertz CT molecular complexity index is 990. The Balaban J connectivity index is 1.79. The molecule has 0 fully saturated rings. The standard InChI is InChI=1S/C20H19N2O2S2/c1-20(2,3)12-8-9-13-14(11-12)26-19(25-13)16-17(23)21(4)15-7-5-6-10-22(15)18(16)24/h5-11H,1-4H3/q+1/b19-16+. The van der Waals surface area contributed by atoms with Crippen LogP contribution in [0.15, 0.2) is 62.2 Å². The largest absolute Gasteiger partial charge is 0.355 e. The highest BCUT2D eigenvalue weighted by atomic mass is 32.2. The van der Waals surface area contributed by atoms with E-state index in [9.17, 15) is 9.59 Å². The molecule has 1 amide bonds. The minimum absolute atomic E-state index is 0.0572. The number of nitrogens with zero attached hydrogens (tertiary/aromatic N) is 2. The van der Waals surface area contributed by atoms with Gasteiger partial charge < -0.3 is 0 Å². The summed E-state index contributed by atoms with van der Waals surface area (Å²) in [6, 6.07) is 11.8. The second-order valence-electron chi connectivity index (χ2n) is 7.38. The molecule has 2 aliphatic rings. The Kier molecular flexibility index (Phi) is 4.00. The number of pyridine rings is 1. The van der Waals surface area contributed by atoms with Crippen molar-refractivity contribution < 1.29 is 14.2 Å². The monoisotopic (exact) mass is 383 g/mol. The van der Waals surface area contributed by atoms with Gasteiger partial charge in [-0.1, -0.05) is 56.4 Å². The Morgan fingerprint density at radius 2 is 1.73 bits per heavy atom. The van der Waals surface area contributed by atoms with Crippen molar-refractivity contribution in [3.05, 3.63) is 58.0 Å². The minimum Gasteiger partial charge on any atom is -0.240 e. The van der Waals surface area contributed by atoms with Crippen molar-refractivity contribution in [2.45, 2.75) is 36.0 Å². The molecule has 0 unspecified atom stereocenters. The molecule has 0 saturated heterocycles. The number of hydrogen-bond acceptors (Lipinski definition) is 4. The number of thioether (sulfide) groups is 2. The molecule has 2 aromatic rings. The van der Waals surface area contributed by atoms with E-state index < -0.39 is 0 Å². The number of amides is 1. The maximum Gasteiger partial charge on any atom is 0.355 e. The maximum atomic E-state index is 13.0. The van der Waals surface area contributed by atoms with Crippen molar-refractivity contribution in [3.63, 3.8) is 0 Å². The van der Waals surface area contributed by atoms with Crippen LogP contribution in [0, 0.1) is 0 Å². The zero-order valence-electron chi connectivity index (χ0n) is 15.1. The van der Waals surface area contributed by atoms with Crippen molar-refractivity contribution >= 4 is 41.2 Å². The van der Waals surface area contributed by atoms with E-state index in [0.717, 1.165) is 14.0 Å². The van der Waals surface area contributed by atoms with Gasteiger partial charge >= 0.3 is 11.8 Å². The summed E-state index contributed by atoms with van der Waals surface area (Å²) in [6.45, 7) is 6.53. The fourth-order valence-corrected chi connectivity index (χ4v) is 5.56. The van der Waals surface area contributed by atoms with Gasteiger partial charge in [0.25, 0.3) is 5.82 Å². The number of carbonyl (C=O) groups excluding carboxylic acids is 2. The van der Waals surface area contributed by atoms with Crippen molar-refractivity contribution in [2.75, 3.05) is 11.9 Å². The third kappa shape index (κ3) is 2.68. The van der Waals surface area contributed by atoms with E-state index in [4.69, 9.17) is 0 Å². The number of hydrogen-bond donors (Lipinski definition) is 0. The first kappa shape index (κ1) is 17.4. The van der Waals surface area contributed by atoms with Crippen LogP contribution in [-0.4, -0.2) is 18.9 Å². The number of fused-ring (bicyclic) bond motifs is 2. The van der Waals surface area contributed by atoms with Gasteiger partial charge in [-0.2, -0.15) is 9.47 Å². The average Bonchev–Trinajstić information content (AvgIpc) is 3.02. The van der Waals surface area contributed by atoms with Crippen LogP contribution in [0.2, 0.25) is 0 Å². The van der Waals surface area contributed by atoms with E-state index >= 15 is 0 Å². The third-order valence-corrected chi connectivity index (χ3v) is 7.09. The molecule has 26 heavy (non-hydrogen) atoms. The fraction of sp³-hybridized carbons (Fsp3) is 0.250. The minimum atomic E-state index is -0.262. The molecule has 0 bridgehead atoms. The quantitative estimate of drug-likeness (QED) is 0.392. The molecule has 2 aliphatic heterocycles. The Morgan fingerprint density at radius 3 is 2.46 bits per heavy atom. The first-order valence-electron chi connectivity index (χ1n) is 8.35. The molecule has 0 spiro atoms. The zero-order valence-corrected chi connectivity index (χ0v) is 16.7. The number of likely N-dealkylation sites (N-methyl/N-ethyl adjacent to an activating group) is 1. The molecule has 0 saturated carbocycles. The molecule has 4 rings (SSSR count). The highest BCUT2D eigenvalue weighted by Gasteiger charge is 2.43. The summed E-state index contributed by atoms with van der Waals surface area (Å²) in [4.78, 5) is 29.6. The van der Waals surface area contributed by atoms with E-state index in [1.165, 1.54) is 38.6 Å². The summed E-state index contributed by atoms with van der Waals surface area (Å²) in [7, 11) is 1.70. The smallest absolute Gasteiger partial charge is 0.240 e. The third-order valence-electron chi connectivity index (χ3n) is 4.55. The molecule has 1 aromatic heterocycles. The molecule has 3 heterocycles. The lowest BCUT2D eigenvalue weighted by atomic mass is 9.87. The predicted octanol–water partition coefficient (Wildman–Crippen LogP) is 4.00. The van der Waals surface area contributed by atoms with E-state index in [1.54, 1.807) is 25.4 Å². The van der Waals surface area contributed by atoms with Gasteiger partial charge in [0, 0.05) is 15.9 Å². The fourth-order valence-electron chi connectivity index (χ4n) is 3.00. The van der Waals surface area contributed by atoms with Gasteiger partial charge in [0.15, 0.2) is 5.57 Å². The number of aromatic nitrogens is 1. The van der Waals surface area contributed by atoms with Gasteiger partial charge in [-0.25, -0.2) is 9.59 Å². The van der Waals surface area contributed by atoms with E-state index in [1.807, 2.05) is 6.07 Å². The lowest BCUT2D eigenvalue weighted by molar-refractivity contribution is -0.558. The highest BCUT2D eigenvalue weighted by Crippen LogP contribution is 2.53. The van der Waals surface area contributed by atoms with Gasteiger partial charge in [0.1, 0.15) is 0 Å². The second-order valence-corrected chi connectivity index (χ2v) is 9.74. The summed E-state index contributed by atoms with van der Waals surface area (Å²) in [5.41, 5.74) is 1.55. The Hall–Kier alpha value is -2.05. The zero-order chi connectivity index (χ0) is 18.6. The van der Waals surface area contributed by atoms with E-state index in [2.05, 4.69) is 39.0 Å². The summed E-state index contributed by atoms with van der Waals surface area (Å²) in [6.07, 6.45) is 1.70. The molecule has 6 heteroatoms. The molecule has 1 aromatic carbocycles. The molecular weight excluding hydrogens is 364 g/mol. The van der Waals surface area contributed by atoms with Crippen LogP contribution in [0.25, 0.3) is 0 Å². The molecule has 0 radical (unpaired) electrons. The van der Waals surface area contributed by atoms with Gasteiger partial charge in [-0.3, -0.25) is 0 Å². The average molecular weight is 384 g/mol. The van der Waals surface area contributed by atoms with Crippen molar-refractivity contribution in [3.8, 4) is 0 Å². The first-order chi connectivity index (χ1) is 12.3. The normalized spacial score (nSPS) is 19.6. The second kappa shape index (κ2) is 5.99. The van der Waals surface area contributed by atoms with Gasteiger partial charge in [0.05, 0.1) is 17.5 Å². The molecular formula is C20H19N2O2S2+. The van der Waals surface area contributed by atoms with Gasteiger partial charge in [-0.15, -0.1) is 0 Å². The summed E-state index contributed by atoms with van der Waals surface area (Å²) in [5, 5.41) is 0. The summed E-state index contributed by atoms with van der Waals surface area (Å²) < 4.78 is 2.30. The first-order valence-corrected chi connectivity index (χ1v) is 9.98. The summed E-state index contributed by atoms with van der Waals surface area (Å²) in [5.74, 6) is 0.0787. The lowest BCUT2D eigenvalue weighted by Gasteiger charge is -2.19. The molecule has 4 nitrogen and oxygen atoms in total. The van der Waals surface area contributed by atoms with Crippen LogP contribution in [0.3, 0.4) is 0 Å². The Labute approximate surface area is 161 Å². The highest BCUT2D eigenvalue weighted by molar-refractivity contribution is 8.24. The SMILES string of the molecule is CN1C(=O)/C(=C2/Sc3ccc(C(C)(C)C)cc3S2)C(=O)[n+]2ccccc21. The van der Waals surface area contributed by atoms with Crippen LogP contribution >= 0.6 is 23.5 Å². The topological polar surface area (TPSA) is 41.3 Å². The number of benzene rings is 1. The van der Waals surface area contributed by atoms with Gasteiger partial charge in [-0.05, 0) is 29.2 Å². The Morgan fingerprint density at radius 1 is 1.00 bits per heavy atom.